The zero-order valence-corrected chi connectivity index (χ0v) is 9.09. The lowest BCUT2D eigenvalue weighted by molar-refractivity contribution is -0.112. The van der Waals surface area contributed by atoms with Crippen molar-refractivity contribution < 1.29 is 9.53 Å². The first-order valence-electron chi connectivity index (χ1n) is 5.25. The molecule has 0 aromatic rings. The first kappa shape index (κ1) is 10.4. The van der Waals surface area contributed by atoms with Crippen LogP contribution < -0.4 is 0 Å². The van der Waals surface area contributed by atoms with E-state index >= 15 is 0 Å². The molecule has 0 amide bonds. The van der Waals surface area contributed by atoms with Crippen molar-refractivity contribution >= 4 is 12.1 Å². The Morgan fingerprint density at radius 1 is 1.53 bits per heavy atom. The van der Waals surface area contributed by atoms with Gasteiger partial charge in [-0.2, -0.15) is 0 Å². The number of hydrogen-bond acceptors (Lipinski definition) is 4. The van der Waals surface area contributed by atoms with E-state index < -0.39 is 0 Å². The van der Waals surface area contributed by atoms with Gasteiger partial charge >= 0.3 is 0 Å². The summed E-state index contributed by atoms with van der Waals surface area (Å²) in [5.74, 6) is 0.517. The summed E-state index contributed by atoms with van der Waals surface area (Å²) < 4.78 is 5.76. The molecule has 0 bridgehead atoms. The summed E-state index contributed by atoms with van der Waals surface area (Å²) in [6.45, 7) is 0. The first-order chi connectivity index (χ1) is 7.22. The zero-order valence-electron chi connectivity index (χ0n) is 9.09. The fourth-order valence-electron chi connectivity index (χ4n) is 1.67. The number of carbonyl (C=O) groups excluding carboxylic acids is 1. The maximum Gasteiger partial charge on any atom is 0.133 e. The topological polar surface area (TPSA) is 41.9 Å². The van der Waals surface area contributed by atoms with Gasteiger partial charge in [0.1, 0.15) is 18.0 Å². The first-order valence-corrected chi connectivity index (χ1v) is 5.25. The Morgan fingerprint density at radius 2 is 2.27 bits per heavy atom. The van der Waals surface area contributed by atoms with Crippen LogP contribution >= 0.6 is 0 Å². The van der Waals surface area contributed by atoms with Gasteiger partial charge in [0.25, 0.3) is 0 Å². The van der Waals surface area contributed by atoms with Gasteiger partial charge in [-0.1, -0.05) is 0 Å². The van der Waals surface area contributed by atoms with E-state index in [9.17, 15) is 4.79 Å². The highest BCUT2D eigenvalue weighted by atomic mass is 16.5. The normalized spacial score (nSPS) is 29.9. The fourth-order valence-corrected chi connectivity index (χ4v) is 1.67. The molecule has 1 fully saturated rings. The third kappa shape index (κ3) is 2.26. The molecule has 4 nitrogen and oxygen atoms in total. The summed E-state index contributed by atoms with van der Waals surface area (Å²) in [7, 11) is 3.78. The van der Waals surface area contributed by atoms with E-state index in [1.54, 1.807) is 6.20 Å². The van der Waals surface area contributed by atoms with Crippen molar-refractivity contribution in [3.63, 3.8) is 0 Å². The number of aldehydes is 1. The molecule has 1 saturated carbocycles. The quantitative estimate of drug-likeness (QED) is 0.645. The molecule has 0 aromatic heterocycles. The lowest BCUT2D eigenvalue weighted by Gasteiger charge is -2.28. The van der Waals surface area contributed by atoms with Gasteiger partial charge in [0.2, 0.25) is 0 Å². The third-order valence-electron chi connectivity index (χ3n) is 2.61. The molecule has 2 atom stereocenters. The van der Waals surface area contributed by atoms with Crippen LogP contribution in [0.3, 0.4) is 0 Å². The van der Waals surface area contributed by atoms with E-state index in [4.69, 9.17) is 4.74 Å². The van der Waals surface area contributed by atoms with E-state index in [2.05, 4.69) is 4.99 Å². The molecular formula is C11H16N2O2. The summed E-state index contributed by atoms with van der Waals surface area (Å²) in [5.41, 5.74) is 0. The second-order valence-electron chi connectivity index (χ2n) is 4.19. The minimum atomic E-state index is -0.259. The maximum atomic E-state index is 11.1. The van der Waals surface area contributed by atoms with Crippen molar-refractivity contribution in [2.24, 2.45) is 10.9 Å². The monoisotopic (exact) mass is 208 g/mol. The second-order valence-corrected chi connectivity index (χ2v) is 4.19. The Balaban J connectivity index is 2.09. The highest BCUT2D eigenvalue weighted by molar-refractivity contribution is 5.97. The average molecular weight is 208 g/mol. The molecule has 82 valence electrons. The van der Waals surface area contributed by atoms with Crippen LogP contribution in [0.2, 0.25) is 0 Å². The molecular weight excluding hydrogens is 192 g/mol. The highest BCUT2D eigenvalue weighted by Crippen LogP contribution is 2.28. The summed E-state index contributed by atoms with van der Waals surface area (Å²) in [6, 6.07) is 0. The van der Waals surface area contributed by atoms with Crippen LogP contribution in [-0.2, 0) is 9.53 Å². The van der Waals surface area contributed by atoms with Gasteiger partial charge in [-0.15, -0.1) is 0 Å². The molecule has 2 aliphatic rings. The van der Waals surface area contributed by atoms with Gasteiger partial charge in [-0.05, 0) is 18.9 Å². The van der Waals surface area contributed by atoms with Crippen molar-refractivity contribution in [2.75, 3.05) is 14.1 Å². The van der Waals surface area contributed by atoms with Crippen LogP contribution in [0.5, 0.6) is 0 Å². The average Bonchev–Trinajstić information content (AvgIpc) is 3.01. The Labute approximate surface area is 89.6 Å². The number of nitrogens with zero attached hydrogens (tertiary/aromatic N) is 2. The van der Waals surface area contributed by atoms with E-state index in [1.165, 1.54) is 0 Å². The van der Waals surface area contributed by atoms with Crippen LogP contribution in [0.15, 0.2) is 17.3 Å². The van der Waals surface area contributed by atoms with Crippen molar-refractivity contribution in [1.82, 2.24) is 4.90 Å². The Morgan fingerprint density at radius 3 is 2.80 bits per heavy atom. The standard InChI is InChI=1S/C11H16N2O2/c1-13(2)11-9(7-14)10(5-6-12-11)15-8-3-4-8/h5-10H,3-4H2,1-2H3. The molecule has 0 radical (unpaired) electrons. The molecule has 2 rings (SSSR count). The van der Waals surface area contributed by atoms with Gasteiger partial charge in [0.15, 0.2) is 0 Å². The van der Waals surface area contributed by atoms with Crippen LogP contribution in [0.4, 0.5) is 0 Å². The van der Waals surface area contributed by atoms with Crippen molar-refractivity contribution in [2.45, 2.75) is 25.0 Å². The molecule has 2 unspecified atom stereocenters. The third-order valence-corrected chi connectivity index (χ3v) is 2.61. The Hall–Kier alpha value is -1.16. The molecule has 15 heavy (non-hydrogen) atoms. The number of ether oxygens (including phenoxy) is 1. The number of hydrogen-bond donors (Lipinski definition) is 0. The van der Waals surface area contributed by atoms with Gasteiger partial charge in [-0.3, -0.25) is 0 Å². The van der Waals surface area contributed by atoms with Crippen molar-refractivity contribution in [3.05, 3.63) is 12.3 Å². The van der Waals surface area contributed by atoms with E-state index in [0.717, 1.165) is 25.0 Å². The van der Waals surface area contributed by atoms with Crippen LogP contribution in [0.1, 0.15) is 12.8 Å². The van der Waals surface area contributed by atoms with Crippen molar-refractivity contribution in [1.29, 1.82) is 0 Å². The molecule has 0 spiro atoms. The predicted octanol–water partition coefficient (Wildman–Crippen LogP) is 0.836. The number of aliphatic imine (C=N–C) groups is 1. The Kier molecular flexibility index (Phi) is 2.86. The molecule has 1 heterocycles. The Bertz CT molecular complexity index is 306. The minimum Gasteiger partial charge on any atom is -0.370 e. The number of amidine groups is 1. The van der Waals surface area contributed by atoms with E-state index in [0.29, 0.717) is 6.10 Å². The lowest BCUT2D eigenvalue weighted by atomic mass is 10.00. The predicted molar refractivity (Wildman–Crippen MR) is 57.7 cm³/mol. The lowest BCUT2D eigenvalue weighted by Crippen LogP contribution is -2.40. The molecule has 0 aromatic carbocycles. The van der Waals surface area contributed by atoms with Gasteiger partial charge < -0.3 is 14.4 Å². The summed E-state index contributed by atoms with van der Waals surface area (Å²) >= 11 is 0. The van der Waals surface area contributed by atoms with Gasteiger partial charge in [0.05, 0.1) is 12.2 Å². The molecule has 1 aliphatic carbocycles. The molecule has 1 aliphatic heterocycles. The highest BCUT2D eigenvalue weighted by Gasteiger charge is 2.33. The van der Waals surface area contributed by atoms with Crippen molar-refractivity contribution in [3.8, 4) is 0 Å². The van der Waals surface area contributed by atoms with Gasteiger partial charge in [-0.25, -0.2) is 4.99 Å². The number of rotatable bonds is 3. The largest absolute Gasteiger partial charge is 0.370 e. The van der Waals surface area contributed by atoms with E-state index in [-0.39, 0.29) is 12.0 Å². The smallest absolute Gasteiger partial charge is 0.133 e. The summed E-state index contributed by atoms with van der Waals surface area (Å²) in [6.07, 6.45) is 6.96. The fraction of sp³-hybridized carbons (Fsp3) is 0.636. The SMILES string of the molecule is CN(C)C1=NC=CC(OC2CC2)C1C=O. The van der Waals surface area contributed by atoms with Crippen LogP contribution in [0, 0.1) is 5.92 Å². The summed E-state index contributed by atoms with van der Waals surface area (Å²) in [4.78, 5) is 17.1. The molecule has 0 saturated heterocycles. The van der Waals surface area contributed by atoms with Gasteiger partial charge in [0, 0.05) is 20.3 Å². The molecule has 0 N–H and O–H groups in total. The van der Waals surface area contributed by atoms with Crippen LogP contribution in [-0.4, -0.2) is 43.3 Å². The van der Waals surface area contributed by atoms with Crippen LogP contribution in [0.25, 0.3) is 0 Å². The zero-order chi connectivity index (χ0) is 10.8. The maximum absolute atomic E-state index is 11.1. The summed E-state index contributed by atoms with van der Waals surface area (Å²) in [5, 5.41) is 0. The number of carbonyl (C=O) groups is 1. The molecule has 4 heteroatoms. The second kappa shape index (κ2) is 4.14. The minimum absolute atomic E-state index is 0.134. The van der Waals surface area contributed by atoms with E-state index in [1.807, 2.05) is 25.1 Å².